The number of hydrogen-bond donors (Lipinski definition) is 3. The molecule has 0 heterocycles. The highest BCUT2D eigenvalue weighted by atomic mass is 79.9. The highest BCUT2D eigenvalue weighted by Crippen LogP contribution is 2.28. The predicted octanol–water partition coefficient (Wildman–Crippen LogP) is 6.89. The van der Waals surface area contributed by atoms with Crippen molar-refractivity contribution >= 4 is 68.6 Å². The van der Waals surface area contributed by atoms with Crippen LogP contribution in [-0.2, 0) is 9.59 Å². The van der Waals surface area contributed by atoms with Gasteiger partial charge in [0.1, 0.15) is 5.70 Å². The van der Waals surface area contributed by atoms with Crippen molar-refractivity contribution in [3.8, 4) is 0 Å². The summed E-state index contributed by atoms with van der Waals surface area (Å²) < 4.78 is 0.783. The number of hydrogen-bond acceptors (Lipinski definition) is 6. The van der Waals surface area contributed by atoms with Crippen LogP contribution in [0.3, 0.4) is 0 Å². The summed E-state index contributed by atoms with van der Waals surface area (Å²) in [4.78, 5) is 50.6. The molecule has 3 amide bonds. The van der Waals surface area contributed by atoms with E-state index in [0.717, 1.165) is 9.37 Å². The summed E-state index contributed by atoms with van der Waals surface area (Å²) in [5.74, 6) is -1.38. The highest BCUT2D eigenvalue weighted by Gasteiger charge is 2.19. The van der Waals surface area contributed by atoms with E-state index in [1.54, 1.807) is 73.7 Å². The van der Waals surface area contributed by atoms with Crippen molar-refractivity contribution in [2.45, 2.75) is 17.1 Å². The number of halogens is 1. The van der Waals surface area contributed by atoms with Gasteiger partial charge in [-0.05, 0) is 83.5 Å². The number of rotatable bonds is 10. The number of amides is 3. The summed E-state index contributed by atoms with van der Waals surface area (Å²) in [5.41, 5.74) is 1.19. The van der Waals surface area contributed by atoms with Crippen LogP contribution in [-0.4, -0.2) is 27.9 Å². The Hall–Kier alpha value is -4.74. The van der Waals surface area contributed by atoms with Gasteiger partial charge in [-0.3, -0.25) is 24.5 Å². The Labute approximate surface area is 254 Å². The third kappa shape index (κ3) is 8.15. The summed E-state index contributed by atoms with van der Waals surface area (Å²) in [6.45, 7) is 1.79. The first-order chi connectivity index (χ1) is 20.2. The second-order valence-electron chi connectivity index (χ2n) is 8.90. The molecule has 0 aliphatic heterocycles. The number of nitro groups is 1. The van der Waals surface area contributed by atoms with E-state index in [1.807, 2.05) is 18.2 Å². The Morgan fingerprint density at radius 1 is 0.857 bits per heavy atom. The summed E-state index contributed by atoms with van der Waals surface area (Å²) in [5, 5.41) is 19.3. The predicted molar refractivity (Wildman–Crippen MR) is 168 cm³/mol. The van der Waals surface area contributed by atoms with Crippen LogP contribution in [0, 0.1) is 10.1 Å². The number of anilines is 2. The van der Waals surface area contributed by atoms with E-state index >= 15 is 0 Å². The number of carbonyl (C=O) groups excluding carboxylic acids is 3. The number of thioether (sulfide) groups is 1. The third-order valence-electron chi connectivity index (χ3n) is 5.89. The zero-order chi connectivity index (χ0) is 30.1. The van der Waals surface area contributed by atoms with Crippen LogP contribution in [0.5, 0.6) is 0 Å². The van der Waals surface area contributed by atoms with Crippen molar-refractivity contribution in [1.82, 2.24) is 5.32 Å². The Balaban J connectivity index is 1.48. The van der Waals surface area contributed by atoms with Crippen LogP contribution in [0.2, 0.25) is 0 Å². The monoisotopic (exact) mass is 644 g/mol. The van der Waals surface area contributed by atoms with Crippen molar-refractivity contribution in [3.63, 3.8) is 0 Å². The minimum Gasteiger partial charge on any atom is -0.324 e. The highest BCUT2D eigenvalue weighted by molar-refractivity contribution is 9.10. The molecular formula is C31H25BrN4O5S. The van der Waals surface area contributed by atoms with Crippen LogP contribution in [0.25, 0.3) is 6.08 Å². The fourth-order valence-corrected chi connectivity index (χ4v) is 4.99. The van der Waals surface area contributed by atoms with Gasteiger partial charge < -0.3 is 16.0 Å². The maximum atomic E-state index is 13.3. The second kappa shape index (κ2) is 14.2. The molecular weight excluding hydrogens is 620 g/mol. The maximum absolute atomic E-state index is 13.3. The van der Waals surface area contributed by atoms with Gasteiger partial charge in [0.2, 0.25) is 5.91 Å². The fraction of sp³-hybridized carbons (Fsp3) is 0.0645. The minimum atomic E-state index is -0.668. The van der Waals surface area contributed by atoms with Gasteiger partial charge in [-0.2, -0.15) is 0 Å². The molecule has 0 saturated heterocycles. The molecule has 4 rings (SSSR count). The van der Waals surface area contributed by atoms with Gasteiger partial charge in [0, 0.05) is 26.7 Å². The lowest BCUT2D eigenvalue weighted by Crippen LogP contribution is -2.30. The van der Waals surface area contributed by atoms with E-state index in [2.05, 4.69) is 31.9 Å². The summed E-state index contributed by atoms with van der Waals surface area (Å²) in [7, 11) is 0. The Morgan fingerprint density at radius 3 is 2.19 bits per heavy atom. The molecule has 1 atom stereocenters. The standard InChI is InChI=1S/C31H25BrN4O5S/c1-20(29(37)34-26-13-7-6-12-25(26)32)42-24-17-15-23(16-18-24)33-31(39)27(35-30(38)21-9-3-2-4-10-21)19-22-11-5-8-14-28(22)36(40)41/h2-20H,1H3,(H,33,39)(H,34,37)(H,35,38)/b27-19-. The molecule has 0 radical (unpaired) electrons. The SMILES string of the molecule is CC(Sc1ccc(NC(=O)/C(=C/c2ccccc2[N+](=O)[O-])NC(=O)c2ccccc2)cc1)C(=O)Nc1ccccc1Br. The number of nitro benzene ring substituents is 1. The quantitative estimate of drug-likeness (QED) is 0.0746. The zero-order valence-electron chi connectivity index (χ0n) is 22.2. The summed E-state index contributed by atoms with van der Waals surface area (Å²) in [6.07, 6.45) is 1.27. The zero-order valence-corrected chi connectivity index (χ0v) is 24.6. The lowest BCUT2D eigenvalue weighted by molar-refractivity contribution is -0.385. The van der Waals surface area contributed by atoms with E-state index in [4.69, 9.17) is 0 Å². The van der Waals surface area contributed by atoms with E-state index in [0.29, 0.717) is 16.9 Å². The molecule has 0 saturated carbocycles. The van der Waals surface area contributed by atoms with E-state index in [1.165, 1.54) is 36.0 Å². The molecule has 3 N–H and O–H groups in total. The molecule has 11 heteroatoms. The van der Waals surface area contributed by atoms with Crippen LogP contribution < -0.4 is 16.0 Å². The Morgan fingerprint density at radius 2 is 1.50 bits per heavy atom. The van der Waals surface area contributed by atoms with E-state index < -0.39 is 22.0 Å². The molecule has 0 aliphatic rings. The molecule has 1 unspecified atom stereocenters. The first kappa shape index (κ1) is 30.2. The Bertz CT molecular complexity index is 1640. The molecule has 0 bridgehead atoms. The Kier molecular flexibility index (Phi) is 10.2. The third-order valence-corrected chi connectivity index (χ3v) is 7.69. The molecule has 212 valence electrons. The van der Waals surface area contributed by atoms with E-state index in [9.17, 15) is 24.5 Å². The van der Waals surface area contributed by atoms with Gasteiger partial charge >= 0.3 is 0 Å². The number of benzene rings is 4. The molecule has 0 aliphatic carbocycles. The van der Waals surface area contributed by atoms with Gasteiger partial charge in [-0.25, -0.2) is 0 Å². The molecule has 0 fully saturated rings. The molecule has 4 aromatic carbocycles. The molecule has 0 spiro atoms. The fourth-order valence-electron chi connectivity index (χ4n) is 3.74. The van der Waals surface area contributed by atoms with Crippen molar-refractivity contribution in [2.24, 2.45) is 0 Å². The van der Waals surface area contributed by atoms with Gasteiger partial charge in [0.25, 0.3) is 17.5 Å². The van der Waals surface area contributed by atoms with Crippen molar-refractivity contribution in [1.29, 1.82) is 0 Å². The lowest BCUT2D eigenvalue weighted by atomic mass is 10.1. The topological polar surface area (TPSA) is 130 Å². The van der Waals surface area contributed by atoms with Crippen LogP contribution >= 0.6 is 27.7 Å². The smallest absolute Gasteiger partial charge is 0.276 e. The molecule has 42 heavy (non-hydrogen) atoms. The average Bonchev–Trinajstić information content (AvgIpc) is 2.99. The lowest BCUT2D eigenvalue weighted by Gasteiger charge is -2.14. The van der Waals surface area contributed by atoms with Crippen molar-refractivity contribution in [3.05, 3.63) is 135 Å². The first-order valence-corrected chi connectivity index (χ1v) is 14.3. The minimum absolute atomic E-state index is 0.155. The van der Waals surface area contributed by atoms with Crippen LogP contribution in [0.4, 0.5) is 17.1 Å². The number of para-hydroxylation sites is 2. The van der Waals surface area contributed by atoms with Crippen molar-refractivity contribution < 1.29 is 19.3 Å². The largest absolute Gasteiger partial charge is 0.324 e. The summed E-state index contributed by atoms with van der Waals surface area (Å²) >= 11 is 4.77. The normalized spacial score (nSPS) is 11.7. The maximum Gasteiger partial charge on any atom is 0.276 e. The van der Waals surface area contributed by atoms with Crippen LogP contribution in [0.15, 0.2) is 118 Å². The summed E-state index contributed by atoms with van der Waals surface area (Å²) in [6, 6.07) is 28.4. The first-order valence-electron chi connectivity index (χ1n) is 12.7. The molecule has 4 aromatic rings. The number of carbonyl (C=O) groups is 3. The number of nitrogens with zero attached hydrogens (tertiary/aromatic N) is 1. The van der Waals surface area contributed by atoms with Gasteiger partial charge in [0.15, 0.2) is 0 Å². The van der Waals surface area contributed by atoms with Gasteiger partial charge in [-0.1, -0.05) is 42.5 Å². The molecule has 0 aromatic heterocycles. The number of nitrogens with one attached hydrogen (secondary N) is 3. The average molecular weight is 646 g/mol. The molecule has 9 nitrogen and oxygen atoms in total. The second-order valence-corrected chi connectivity index (χ2v) is 11.2. The van der Waals surface area contributed by atoms with E-state index in [-0.39, 0.29) is 22.9 Å². The van der Waals surface area contributed by atoms with Gasteiger partial charge in [-0.15, -0.1) is 11.8 Å². The van der Waals surface area contributed by atoms with Crippen molar-refractivity contribution in [2.75, 3.05) is 10.6 Å². The van der Waals surface area contributed by atoms with Gasteiger partial charge in [0.05, 0.1) is 21.4 Å². The van der Waals surface area contributed by atoms with Crippen LogP contribution in [0.1, 0.15) is 22.8 Å².